The summed E-state index contributed by atoms with van der Waals surface area (Å²) >= 11 is 1.48. The SMILES string of the molecule is CC1(N)CCN(c2cnc(Sc3cccc(NC(=O)CCC(=O)N4CCN(CCCCCCCCC(=O)Nc5ccc6c(c5)C(=O)N(C5CCC(=O)NC5=O)C6)CC4)c3)cn2)CC1. The molecule has 2 aromatic carbocycles. The number of anilines is 3. The Labute approximate surface area is 373 Å². The van der Waals surface area contributed by atoms with E-state index in [2.05, 4.69) is 42.6 Å². The number of benzene rings is 2. The Hall–Kier alpha value is -5.39. The van der Waals surface area contributed by atoms with Crippen molar-refractivity contribution in [1.29, 1.82) is 0 Å². The lowest BCUT2D eigenvalue weighted by atomic mass is 9.91. The predicted molar refractivity (Wildman–Crippen MR) is 241 cm³/mol. The van der Waals surface area contributed by atoms with Crippen LogP contribution in [0.25, 0.3) is 0 Å². The fourth-order valence-electron chi connectivity index (χ4n) is 8.54. The van der Waals surface area contributed by atoms with Crippen molar-refractivity contribution in [2.75, 3.05) is 61.3 Å². The van der Waals surface area contributed by atoms with Crippen LogP contribution >= 0.6 is 11.8 Å². The van der Waals surface area contributed by atoms with Gasteiger partial charge in [0.05, 0.1) is 12.4 Å². The van der Waals surface area contributed by atoms with Gasteiger partial charge in [0.25, 0.3) is 5.91 Å². The molecule has 3 fully saturated rings. The van der Waals surface area contributed by atoms with Gasteiger partial charge in [0.1, 0.15) is 16.9 Å². The molecule has 0 bridgehead atoms. The average molecular weight is 881 g/mol. The third-order valence-corrected chi connectivity index (χ3v) is 13.3. The summed E-state index contributed by atoms with van der Waals surface area (Å²) in [7, 11) is 0. The van der Waals surface area contributed by atoms with Gasteiger partial charge in [-0.15, -0.1) is 0 Å². The molecule has 336 valence electrons. The highest BCUT2D eigenvalue weighted by Gasteiger charge is 2.39. The Morgan fingerprint density at radius 1 is 0.825 bits per heavy atom. The second kappa shape index (κ2) is 21.3. The van der Waals surface area contributed by atoms with Crippen molar-refractivity contribution < 1.29 is 28.8 Å². The maximum atomic E-state index is 13.1. The molecule has 0 saturated carbocycles. The van der Waals surface area contributed by atoms with Crippen LogP contribution in [0, 0.1) is 0 Å². The molecule has 5 N–H and O–H groups in total. The fraction of sp³-hybridized carbons (Fsp3) is 0.522. The van der Waals surface area contributed by atoms with Gasteiger partial charge in [0.15, 0.2) is 0 Å². The summed E-state index contributed by atoms with van der Waals surface area (Å²) < 4.78 is 0. The van der Waals surface area contributed by atoms with Crippen molar-refractivity contribution in [2.24, 2.45) is 5.73 Å². The van der Waals surface area contributed by atoms with E-state index in [9.17, 15) is 28.8 Å². The lowest BCUT2D eigenvalue weighted by Crippen LogP contribution is -2.52. The number of rotatable bonds is 18. The van der Waals surface area contributed by atoms with Gasteiger partial charge in [-0.3, -0.25) is 39.0 Å². The number of nitrogens with one attached hydrogen (secondary N) is 3. The van der Waals surface area contributed by atoms with E-state index in [0.29, 0.717) is 49.4 Å². The van der Waals surface area contributed by atoms with Gasteiger partial charge in [-0.1, -0.05) is 49.6 Å². The average Bonchev–Trinajstić information content (AvgIpc) is 3.59. The molecule has 16 nitrogen and oxygen atoms in total. The summed E-state index contributed by atoms with van der Waals surface area (Å²) in [6, 6.07) is 12.2. The molecule has 4 aliphatic rings. The number of amides is 6. The zero-order valence-corrected chi connectivity index (χ0v) is 37.1. The second-order valence-corrected chi connectivity index (χ2v) is 18.5. The molecular formula is C46H60N10O6S. The van der Waals surface area contributed by atoms with Gasteiger partial charge in [-0.05, 0) is 81.5 Å². The summed E-state index contributed by atoms with van der Waals surface area (Å²) in [5.41, 5.74) is 8.65. The highest BCUT2D eigenvalue weighted by Crippen LogP contribution is 2.31. The van der Waals surface area contributed by atoms with Gasteiger partial charge >= 0.3 is 0 Å². The highest BCUT2D eigenvalue weighted by atomic mass is 32.2. The minimum absolute atomic E-state index is 0.00663. The molecule has 4 aliphatic heterocycles. The summed E-state index contributed by atoms with van der Waals surface area (Å²) in [5, 5.41) is 8.93. The van der Waals surface area contributed by atoms with Crippen molar-refractivity contribution in [3.8, 4) is 0 Å². The first kappa shape index (κ1) is 45.6. The van der Waals surface area contributed by atoms with Gasteiger partial charge in [-0.2, -0.15) is 0 Å². The van der Waals surface area contributed by atoms with E-state index in [1.807, 2.05) is 35.2 Å². The topological polar surface area (TPSA) is 203 Å². The summed E-state index contributed by atoms with van der Waals surface area (Å²) in [6.07, 6.45) is 12.7. The summed E-state index contributed by atoms with van der Waals surface area (Å²) in [4.78, 5) is 93.5. The molecule has 6 amide bonds. The van der Waals surface area contributed by atoms with Gasteiger partial charge in [0.2, 0.25) is 29.5 Å². The number of imide groups is 1. The predicted octanol–water partition coefficient (Wildman–Crippen LogP) is 4.94. The van der Waals surface area contributed by atoms with Gasteiger partial charge < -0.3 is 31.1 Å². The molecule has 1 unspecified atom stereocenters. The Balaban J connectivity index is 0.706. The van der Waals surface area contributed by atoms with Gasteiger partial charge in [-0.25, -0.2) is 9.97 Å². The number of nitrogens with zero attached hydrogens (tertiary/aromatic N) is 6. The number of carbonyl (C=O) groups is 6. The number of nitrogens with two attached hydrogens (primary N) is 1. The molecule has 0 radical (unpaired) electrons. The van der Waals surface area contributed by atoms with E-state index < -0.39 is 11.9 Å². The van der Waals surface area contributed by atoms with Crippen molar-refractivity contribution in [3.05, 3.63) is 66.0 Å². The van der Waals surface area contributed by atoms with Gasteiger partial charge in [0, 0.05) is 98.9 Å². The van der Waals surface area contributed by atoms with Crippen LogP contribution in [0.3, 0.4) is 0 Å². The van der Waals surface area contributed by atoms with E-state index in [0.717, 1.165) is 105 Å². The van der Waals surface area contributed by atoms with Crippen LogP contribution in [0.2, 0.25) is 0 Å². The summed E-state index contributed by atoms with van der Waals surface area (Å²) in [6.45, 7) is 8.10. The number of fused-ring (bicyclic) bond motifs is 1. The Morgan fingerprint density at radius 2 is 1.54 bits per heavy atom. The third kappa shape index (κ3) is 12.9. The minimum Gasteiger partial charge on any atom is -0.355 e. The zero-order chi connectivity index (χ0) is 44.3. The standard InChI is InChI=1S/C46H60N10O6S/c1-46(47)18-21-54(22-19-46)38-29-49-42(30-48-38)63-35-10-8-9-33(27-35)50-40(58)16-17-43(60)55-25-23-53(24-26-55)20-7-5-3-2-4-6-11-39(57)51-34-13-12-32-31-56(45(62)36(32)28-34)37-14-15-41(59)52-44(37)61/h8-10,12-13,27-30,37H,2-7,11,14-26,31,47H2,1H3,(H,50,58)(H,51,57)(H,52,59,61). The molecule has 17 heteroatoms. The first-order valence-corrected chi connectivity index (χ1v) is 23.2. The molecular weight excluding hydrogens is 821 g/mol. The largest absolute Gasteiger partial charge is 0.355 e. The lowest BCUT2D eigenvalue weighted by Gasteiger charge is -2.37. The molecule has 7 rings (SSSR count). The van der Waals surface area contributed by atoms with E-state index in [1.165, 1.54) is 16.7 Å². The number of aromatic nitrogens is 2. The number of carbonyl (C=O) groups excluding carboxylic acids is 6. The number of hydrogen-bond donors (Lipinski definition) is 4. The van der Waals surface area contributed by atoms with Crippen LogP contribution in [0.5, 0.6) is 0 Å². The molecule has 1 aromatic heterocycles. The highest BCUT2D eigenvalue weighted by molar-refractivity contribution is 7.99. The lowest BCUT2D eigenvalue weighted by molar-refractivity contribution is -0.137. The van der Waals surface area contributed by atoms with Crippen molar-refractivity contribution in [2.45, 2.75) is 118 Å². The van der Waals surface area contributed by atoms with Crippen LogP contribution in [-0.2, 0) is 30.5 Å². The molecule has 3 saturated heterocycles. The van der Waals surface area contributed by atoms with E-state index in [4.69, 9.17) is 5.73 Å². The number of unbranched alkanes of at least 4 members (excludes halogenated alkanes) is 5. The third-order valence-electron chi connectivity index (χ3n) is 12.4. The smallest absolute Gasteiger partial charge is 0.255 e. The maximum absolute atomic E-state index is 13.1. The molecule has 5 heterocycles. The Kier molecular flexibility index (Phi) is 15.4. The molecule has 3 aromatic rings. The van der Waals surface area contributed by atoms with E-state index in [1.54, 1.807) is 24.5 Å². The Morgan fingerprint density at radius 3 is 2.27 bits per heavy atom. The van der Waals surface area contributed by atoms with Crippen molar-refractivity contribution >= 4 is 64.4 Å². The minimum atomic E-state index is -0.669. The number of piperidine rings is 2. The first-order chi connectivity index (χ1) is 30.4. The van der Waals surface area contributed by atoms with Crippen LogP contribution in [0.1, 0.15) is 106 Å². The van der Waals surface area contributed by atoms with Crippen LogP contribution in [0.4, 0.5) is 17.2 Å². The van der Waals surface area contributed by atoms with Crippen molar-refractivity contribution in [3.63, 3.8) is 0 Å². The zero-order valence-electron chi connectivity index (χ0n) is 36.2. The van der Waals surface area contributed by atoms with E-state index in [-0.39, 0.29) is 54.3 Å². The second-order valence-electron chi connectivity index (χ2n) is 17.4. The fourth-order valence-corrected chi connectivity index (χ4v) is 9.32. The van der Waals surface area contributed by atoms with Crippen LogP contribution < -0.4 is 26.6 Å². The first-order valence-electron chi connectivity index (χ1n) is 22.4. The summed E-state index contributed by atoms with van der Waals surface area (Å²) in [5.74, 6) is -0.455. The molecule has 0 spiro atoms. The molecule has 63 heavy (non-hydrogen) atoms. The van der Waals surface area contributed by atoms with Crippen LogP contribution in [-0.4, -0.2) is 118 Å². The maximum Gasteiger partial charge on any atom is 0.255 e. The van der Waals surface area contributed by atoms with E-state index >= 15 is 0 Å². The number of piperazine rings is 1. The monoisotopic (exact) mass is 880 g/mol. The number of hydrogen-bond acceptors (Lipinski definition) is 12. The quantitative estimate of drug-likeness (QED) is 0.0992. The molecule has 1 atom stereocenters. The Bertz CT molecular complexity index is 2130. The van der Waals surface area contributed by atoms with Crippen LogP contribution in [0.15, 0.2) is 64.8 Å². The normalized spacial score (nSPS) is 18.9. The molecule has 0 aliphatic carbocycles. The van der Waals surface area contributed by atoms with Crippen molar-refractivity contribution in [1.82, 2.24) is 30.0 Å².